The van der Waals surface area contributed by atoms with E-state index in [0.717, 1.165) is 10.9 Å². The van der Waals surface area contributed by atoms with Crippen LogP contribution >= 0.6 is 0 Å². The first kappa shape index (κ1) is 9.02. The van der Waals surface area contributed by atoms with Gasteiger partial charge in [-0.15, -0.1) is 0 Å². The van der Waals surface area contributed by atoms with Gasteiger partial charge in [0.2, 0.25) is 0 Å². The van der Waals surface area contributed by atoms with E-state index in [1.54, 1.807) is 23.0 Å². The molecule has 1 aromatic carbocycles. The maximum atomic E-state index is 9.65. The van der Waals surface area contributed by atoms with Crippen molar-refractivity contribution in [2.75, 3.05) is 0 Å². The molecule has 4 heteroatoms. The molecule has 2 rings (SSSR count). The highest BCUT2D eigenvalue weighted by atomic mass is 16.3. The van der Waals surface area contributed by atoms with Gasteiger partial charge in [-0.2, -0.15) is 5.10 Å². The summed E-state index contributed by atoms with van der Waals surface area (Å²) < 4.78 is 1.73. The molecule has 0 aliphatic heterocycles. The lowest BCUT2D eigenvalue weighted by Crippen LogP contribution is -2.22. The number of nitrogens with zero attached hydrogens (tertiary/aromatic N) is 2. The van der Waals surface area contributed by atoms with Crippen molar-refractivity contribution in [1.29, 1.82) is 0 Å². The number of phenolic OH excluding ortho intramolecular Hbond substituents is 1. The van der Waals surface area contributed by atoms with Crippen molar-refractivity contribution in [3.05, 3.63) is 24.4 Å². The minimum atomic E-state index is 0.0257. The summed E-state index contributed by atoms with van der Waals surface area (Å²) in [6.07, 6.45) is 1.73. The van der Waals surface area contributed by atoms with E-state index in [1.807, 2.05) is 13.0 Å². The van der Waals surface area contributed by atoms with Crippen molar-refractivity contribution in [1.82, 2.24) is 9.78 Å². The zero-order valence-corrected chi connectivity index (χ0v) is 8.01. The molecule has 0 spiro atoms. The molecule has 74 valence electrons. The quantitative estimate of drug-likeness (QED) is 0.746. The Labute approximate surface area is 81.9 Å². The van der Waals surface area contributed by atoms with Gasteiger partial charge in [-0.1, -0.05) is 12.1 Å². The molecule has 0 aliphatic rings. The van der Waals surface area contributed by atoms with Crippen LogP contribution in [0.25, 0.3) is 10.9 Å². The summed E-state index contributed by atoms with van der Waals surface area (Å²) in [5.41, 5.74) is 6.44. The third kappa shape index (κ3) is 1.44. The van der Waals surface area contributed by atoms with Crippen LogP contribution in [0.4, 0.5) is 0 Å². The van der Waals surface area contributed by atoms with Gasteiger partial charge >= 0.3 is 0 Å². The van der Waals surface area contributed by atoms with E-state index in [9.17, 15) is 5.11 Å². The number of hydrogen-bond acceptors (Lipinski definition) is 3. The van der Waals surface area contributed by atoms with Crippen LogP contribution in [-0.4, -0.2) is 20.9 Å². The Morgan fingerprint density at radius 2 is 2.36 bits per heavy atom. The molecule has 0 fully saturated rings. The first-order valence-electron chi connectivity index (χ1n) is 4.57. The van der Waals surface area contributed by atoms with E-state index in [4.69, 9.17) is 5.73 Å². The van der Waals surface area contributed by atoms with Crippen molar-refractivity contribution < 1.29 is 5.11 Å². The number of rotatable bonds is 2. The first-order valence-corrected chi connectivity index (χ1v) is 4.57. The van der Waals surface area contributed by atoms with Gasteiger partial charge in [-0.05, 0) is 13.0 Å². The summed E-state index contributed by atoms with van der Waals surface area (Å²) in [5.74, 6) is 0.251. The van der Waals surface area contributed by atoms with Gasteiger partial charge in [0.25, 0.3) is 0 Å². The minimum Gasteiger partial charge on any atom is -0.506 e. The molecule has 1 atom stereocenters. The third-order valence-electron chi connectivity index (χ3n) is 2.10. The van der Waals surface area contributed by atoms with E-state index in [0.29, 0.717) is 6.54 Å². The van der Waals surface area contributed by atoms with E-state index in [2.05, 4.69) is 5.10 Å². The largest absolute Gasteiger partial charge is 0.506 e. The second kappa shape index (κ2) is 3.31. The molecule has 0 amide bonds. The number of aromatic hydroxyl groups is 1. The van der Waals surface area contributed by atoms with Gasteiger partial charge in [-0.3, -0.25) is 4.68 Å². The van der Waals surface area contributed by atoms with Crippen molar-refractivity contribution in [3.8, 4) is 5.75 Å². The van der Waals surface area contributed by atoms with Crippen LogP contribution < -0.4 is 5.73 Å². The lowest BCUT2D eigenvalue weighted by molar-refractivity contribution is 0.471. The van der Waals surface area contributed by atoms with Crippen molar-refractivity contribution >= 4 is 10.9 Å². The summed E-state index contributed by atoms with van der Waals surface area (Å²) in [4.78, 5) is 0. The van der Waals surface area contributed by atoms with Gasteiger partial charge in [-0.25, -0.2) is 0 Å². The van der Waals surface area contributed by atoms with Crippen LogP contribution in [0.15, 0.2) is 24.4 Å². The molecule has 0 aliphatic carbocycles. The molecule has 1 unspecified atom stereocenters. The Morgan fingerprint density at radius 1 is 1.57 bits per heavy atom. The van der Waals surface area contributed by atoms with Crippen molar-refractivity contribution in [2.24, 2.45) is 5.73 Å². The standard InChI is InChI=1S/C10H13N3O/c1-7(11)6-13-10-8(5-12-13)3-2-4-9(10)14/h2-5,7,14H,6,11H2,1H3. The van der Waals surface area contributed by atoms with Crippen molar-refractivity contribution in [3.63, 3.8) is 0 Å². The average Bonchev–Trinajstić information content (AvgIpc) is 2.49. The van der Waals surface area contributed by atoms with Gasteiger partial charge in [0, 0.05) is 11.4 Å². The maximum Gasteiger partial charge on any atom is 0.141 e. The smallest absolute Gasteiger partial charge is 0.141 e. The maximum absolute atomic E-state index is 9.65. The van der Waals surface area contributed by atoms with Gasteiger partial charge in [0.05, 0.1) is 12.7 Å². The van der Waals surface area contributed by atoms with Crippen molar-refractivity contribution in [2.45, 2.75) is 19.5 Å². The summed E-state index contributed by atoms with van der Waals surface area (Å²) >= 11 is 0. The molecule has 0 saturated heterocycles. The summed E-state index contributed by atoms with van der Waals surface area (Å²) in [7, 11) is 0. The lowest BCUT2D eigenvalue weighted by Gasteiger charge is -2.07. The molecule has 2 aromatic rings. The number of phenols is 1. The minimum absolute atomic E-state index is 0.0257. The molecule has 3 N–H and O–H groups in total. The molecular weight excluding hydrogens is 178 g/mol. The SMILES string of the molecule is CC(N)Cn1ncc2cccc(O)c21. The zero-order chi connectivity index (χ0) is 10.1. The van der Waals surface area contributed by atoms with E-state index < -0.39 is 0 Å². The van der Waals surface area contributed by atoms with Crippen LogP contribution in [0.5, 0.6) is 5.75 Å². The average molecular weight is 191 g/mol. The van der Waals surface area contributed by atoms with Gasteiger partial charge in [0.15, 0.2) is 0 Å². The number of aromatic nitrogens is 2. The molecule has 0 radical (unpaired) electrons. The monoisotopic (exact) mass is 191 g/mol. The van der Waals surface area contributed by atoms with Gasteiger partial charge in [0.1, 0.15) is 11.3 Å². The lowest BCUT2D eigenvalue weighted by atomic mass is 10.2. The predicted molar refractivity (Wildman–Crippen MR) is 55.0 cm³/mol. The molecule has 1 heterocycles. The Morgan fingerprint density at radius 3 is 3.07 bits per heavy atom. The Kier molecular flexibility index (Phi) is 2.13. The fourth-order valence-electron chi connectivity index (χ4n) is 1.53. The number of fused-ring (bicyclic) bond motifs is 1. The Bertz CT molecular complexity index is 448. The number of nitrogens with two attached hydrogens (primary N) is 1. The van der Waals surface area contributed by atoms with Crippen LogP contribution in [-0.2, 0) is 6.54 Å². The molecule has 0 saturated carbocycles. The van der Waals surface area contributed by atoms with E-state index in [-0.39, 0.29) is 11.8 Å². The highest BCUT2D eigenvalue weighted by Crippen LogP contribution is 2.23. The Balaban J connectivity index is 2.55. The van der Waals surface area contributed by atoms with E-state index in [1.165, 1.54) is 0 Å². The highest BCUT2D eigenvalue weighted by Gasteiger charge is 2.07. The fraction of sp³-hybridized carbons (Fsp3) is 0.300. The molecular formula is C10H13N3O. The predicted octanol–water partition coefficient (Wildman–Crippen LogP) is 1.09. The summed E-state index contributed by atoms with van der Waals surface area (Å²) in [6, 6.07) is 5.40. The fourth-order valence-corrected chi connectivity index (χ4v) is 1.53. The topological polar surface area (TPSA) is 64.1 Å². The normalized spacial score (nSPS) is 13.3. The second-order valence-electron chi connectivity index (χ2n) is 3.52. The first-order chi connectivity index (χ1) is 6.68. The van der Waals surface area contributed by atoms with E-state index >= 15 is 0 Å². The number of benzene rings is 1. The summed E-state index contributed by atoms with van der Waals surface area (Å²) in [5, 5.41) is 14.8. The molecule has 1 aromatic heterocycles. The number of hydrogen-bond donors (Lipinski definition) is 2. The molecule has 14 heavy (non-hydrogen) atoms. The highest BCUT2D eigenvalue weighted by molar-refractivity contribution is 5.84. The van der Waals surface area contributed by atoms with Gasteiger partial charge < -0.3 is 10.8 Å². The third-order valence-corrected chi connectivity index (χ3v) is 2.10. The summed E-state index contributed by atoms with van der Waals surface area (Å²) in [6.45, 7) is 2.52. The second-order valence-corrected chi connectivity index (χ2v) is 3.52. The molecule has 4 nitrogen and oxygen atoms in total. The Hall–Kier alpha value is -1.55. The van der Waals surface area contributed by atoms with Crippen LogP contribution in [0.3, 0.4) is 0 Å². The molecule has 0 bridgehead atoms. The number of para-hydroxylation sites is 1. The van der Waals surface area contributed by atoms with Crippen LogP contribution in [0.1, 0.15) is 6.92 Å². The van der Waals surface area contributed by atoms with Crippen LogP contribution in [0.2, 0.25) is 0 Å². The van der Waals surface area contributed by atoms with Crippen LogP contribution in [0, 0.1) is 0 Å². The zero-order valence-electron chi connectivity index (χ0n) is 8.01.